The van der Waals surface area contributed by atoms with Gasteiger partial charge in [0.15, 0.2) is 0 Å². The Kier molecular flexibility index (Phi) is 3.88. The molecule has 0 aromatic carbocycles. The van der Waals surface area contributed by atoms with Crippen LogP contribution in [0.3, 0.4) is 0 Å². The van der Waals surface area contributed by atoms with E-state index in [9.17, 15) is 9.59 Å². The molecule has 1 atom stereocenters. The quantitative estimate of drug-likeness (QED) is 0.658. The molecule has 2 amide bonds. The van der Waals surface area contributed by atoms with Crippen LogP contribution in [0.25, 0.3) is 0 Å². The van der Waals surface area contributed by atoms with Gasteiger partial charge in [-0.25, -0.2) is 0 Å². The standard InChI is InChI=1S/C9H16N2O3/c1-7(9(10)13)6-8(12)11-2-4-14-5-3-11/h7H,2-6H2,1H3,(H2,10,13)/t7-/m1/s1. The number of hydrogen-bond acceptors (Lipinski definition) is 3. The largest absolute Gasteiger partial charge is 0.378 e. The summed E-state index contributed by atoms with van der Waals surface area (Å²) >= 11 is 0. The highest BCUT2D eigenvalue weighted by Crippen LogP contribution is 2.06. The van der Waals surface area contributed by atoms with Gasteiger partial charge in [-0.15, -0.1) is 0 Å². The second kappa shape index (κ2) is 4.95. The van der Waals surface area contributed by atoms with E-state index in [1.165, 1.54) is 0 Å². The van der Waals surface area contributed by atoms with Crippen molar-refractivity contribution in [1.82, 2.24) is 4.90 Å². The van der Waals surface area contributed by atoms with E-state index in [0.29, 0.717) is 26.3 Å². The first-order chi connectivity index (χ1) is 6.61. The third kappa shape index (κ3) is 2.99. The van der Waals surface area contributed by atoms with Crippen molar-refractivity contribution in [2.24, 2.45) is 11.7 Å². The summed E-state index contributed by atoms with van der Waals surface area (Å²) in [5, 5.41) is 0. The third-order valence-electron chi connectivity index (χ3n) is 2.33. The van der Waals surface area contributed by atoms with Gasteiger partial charge in [0.25, 0.3) is 0 Å². The fraction of sp³-hybridized carbons (Fsp3) is 0.778. The summed E-state index contributed by atoms with van der Waals surface area (Å²) in [7, 11) is 0. The maximum Gasteiger partial charge on any atom is 0.223 e. The first kappa shape index (κ1) is 11.0. The van der Waals surface area contributed by atoms with Crippen LogP contribution in [-0.4, -0.2) is 43.0 Å². The molecule has 0 spiro atoms. The molecule has 14 heavy (non-hydrogen) atoms. The molecule has 0 aromatic rings. The van der Waals surface area contributed by atoms with Crippen LogP contribution in [-0.2, 0) is 14.3 Å². The van der Waals surface area contributed by atoms with Crippen molar-refractivity contribution < 1.29 is 14.3 Å². The lowest BCUT2D eigenvalue weighted by molar-refractivity contribution is -0.138. The normalized spacial score (nSPS) is 19.1. The van der Waals surface area contributed by atoms with Crippen molar-refractivity contribution in [3.8, 4) is 0 Å². The van der Waals surface area contributed by atoms with Crippen molar-refractivity contribution in [2.45, 2.75) is 13.3 Å². The van der Waals surface area contributed by atoms with Crippen molar-refractivity contribution in [2.75, 3.05) is 26.3 Å². The summed E-state index contributed by atoms with van der Waals surface area (Å²) in [5.74, 6) is -0.823. The van der Waals surface area contributed by atoms with Gasteiger partial charge in [-0.3, -0.25) is 9.59 Å². The minimum Gasteiger partial charge on any atom is -0.378 e. The van der Waals surface area contributed by atoms with Gasteiger partial charge in [-0.1, -0.05) is 6.92 Å². The highest BCUT2D eigenvalue weighted by molar-refractivity contribution is 5.84. The Hall–Kier alpha value is -1.10. The van der Waals surface area contributed by atoms with Gasteiger partial charge in [0, 0.05) is 25.4 Å². The summed E-state index contributed by atoms with van der Waals surface area (Å²) in [6.07, 6.45) is 0.204. The third-order valence-corrected chi connectivity index (χ3v) is 2.33. The van der Waals surface area contributed by atoms with E-state index in [-0.39, 0.29) is 18.2 Å². The maximum absolute atomic E-state index is 11.6. The van der Waals surface area contributed by atoms with Crippen LogP contribution in [0, 0.1) is 5.92 Å². The Morgan fingerprint density at radius 3 is 2.50 bits per heavy atom. The topological polar surface area (TPSA) is 72.6 Å². The Morgan fingerprint density at radius 1 is 1.43 bits per heavy atom. The number of nitrogens with zero attached hydrogens (tertiary/aromatic N) is 1. The molecular formula is C9H16N2O3. The van der Waals surface area contributed by atoms with Gasteiger partial charge in [0.1, 0.15) is 0 Å². The second-order valence-corrected chi connectivity index (χ2v) is 3.50. The first-order valence-corrected chi connectivity index (χ1v) is 4.76. The van der Waals surface area contributed by atoms with E-state index in [4.69, 9.17) is 10.5 Å². The number of amides is 2. The molecule has 1 aliphatic rings. The molecule has 5 nitrogen and oxygen atoms in total. The second-order valence-electron chi connectivity index (χ2n) is 3.50. The fourth-order valence-corrected chi connectivity index (χ4v) is 1.30. The number of rotatable bonds is 3. The summed E-state index contributed by atoms with van der Waals surface area (Å²) in [6, 6.07) is 0. The summed E-state index contributed by atoms with van der Waals surface area (Å²) < 4.78 is 5.12. The zero-order valence-electron chi connectivity index (χ0n) is 8.36. The molecule has 0 radical (unpaired) electrons. The number of carbonyl (C=O) groups excluding carboxylic acids is 2. The lowest BCUT2D eigenvalue weighted by Crippen LogP contribution is -2.42. The molecule has 80 valence electrons. The van der Waals surface area contributed by atoms with Gasteiger partial charge in [0.05, 0.1) is 13.2 Å². The molecule has 0 unspecified atom stereocenters. The summed E-state index contributed by atoms with van der Waals surface area (Å²) in [4.78, 5) is 24.0. The van der Waals surface area contributed by atoms with Crippen molar-refractivity contribution >= 4 is 11.8 Å². The van der Waals surface area contributed by atoms with Crippen LogP contribution in [0.4, 0.5) is 0 Å². The van der Waals surface area contributed by atoms with E-state index in [0.717, 1.165) is 0 Å². The average Bonchev–Trinajstić information content (AvgIpc) is 2.19. The predicted molar refractivity (Wildman–Crippen MR) is 50.4 cm³/mol. The average molecular weight is 200 g/mol. The molecule has 0 bridgehead atoms. The number of ether oxygens (including phenoxy) is 1. The van der Waals surface area contributed by atoms with Gasteiger partial charge < -0.3 is 15.4 Å². The number of carbonyl (C=O) groups is 2. The van der Waals surface area contributed by atoms with E-state index < -0.39 is 5.91 Å². The SMILES string of the molecule is C[C@H](CC(=O)N1CCOCC1)C(N)=O. The lowest BCUT2D eigenvalue weighted by Gasteiger charge is -2.27. The number of primary amides is 1. The van der Waals surface area contributed by atoms with Crippen molar-refractivity contribution in [3.63, 3.8) is 0 Å². The summed E-state index contributed by atoms with van der Waals surface area (Å²) in [5.41, 5.74) is 5.08. The zero-order valence-corrected chi connectivity index (χ0v) is 8.36. The number of hydrogen-bond donors (Lipinski definition) is 1. The molecule has 1 saturated heterocycles. The molecule has 1 rings (SSSR count). The van der Waals surface area contributed by atoms with Crippen LogP contribution >= 0.6 is 0 Å². The zero-order chi connectivity index (χ0) is 10.6. The molecule has 0 aliphatic carbocycles. The minimum atomic E-state index is -0.424. The Labute approximate surface area is 83.2 Å². The van der Waals surface area contributed by atoms with Crippen LogP contribution in [0.5, 0.6) is 0 Å². The van der Waals surface area contributed by atoms with Gasteiger partial charge in [-0.05, 0) is 0 Å². The smallest absolute Gasteiger partial charge is 0.223 e. The van der Waals surface area contributed by atoms with Gasteiger partial charge in [-0.2, -0.15) is 0 Å². The van der Waals surface area contributed by atoms with Crippen LogP contribution < -0.4 is 5.73 Å². The van der Waals surface area contributed by atoms with E-state index in [1.807, 2.05) is 0 Å². The van der Waals surface area contributed by atoms with Crippen LogP contribution in [0.1, 0.15) is 13.3 Å². The Morgan fingerprint density at radius 2 is 2.00 bits per heavy atom. The Bertz CT molecular complexity index is 224. The highest BCUT2D eigenvalue weighted by atomic mass is 16.5. The highest BCUT2D eigenvalue weighted by Gasteiger charge is 2.20. The van der Waals surface area contributed by atoms with E-state index in [2.05, 4.69) is 0 Å². The fourth-order valence-electron chi connectivity index (χ4n) is 1.30. The molecule has 0 aromatic heterocycles. The number of nitrogens with two attached hydrogens (primary N) is 1. The Balaban J connectivity index is 2.36. The molecule has 1 heterocycles. The van der Waals surface area contributed by atoms with Crippen LogP contribution in [0.2, 0.25) is 0 Å². The molecule has 2 N–H and O–H groups in total. The minimum absolute atomic E-state index is 0.0143. The van der Waals surface area contributed by atoms with Crippen molar-refractivity contribution in [3.05, 3.63) is 0 Å². The first-order valence-electron chi connectivity index (χ1n) is 4.76. The lowest BCUT2D eigenvalue weighted by atomic mass is 10.1. The molecular weight excluding hydrogens is 184 g/mol. The monoisotopic (exact) mass is 200 g/mol. The molecule has 1 aliphatic heterocycles. The predicted octanol–water partition coefficient (Wildman–Crippen LogP) is -0.643. The molecule has 5 heteroatoms. The van der Waals surface area contributed by atoms with Crippen molar-refractivity contribution in [1.29, 1.82) is 0 Å². The molecule has 1 fully saturated rings. The maximum atomic E-state index is 11.6. The summed E-state index contributed by atoms with van der Waals surface area (Å²) in [6.45, 7) is 4.06. The van der Waals surface area contributed by atoms with Gasteiger partial charge >= 0.3 is 0 Å². The van der Waals surface area contributed by atoms with Gasteiger partial charge in [0.2, 0.25) is 11.8 Å². The number of morpholine rings is 1. The van der Waals surface area contributed by atoms with E-state index >= 15 is 0 Å². The van der Waals surface area contributed by atoms with Crippen LogP contribution in [0.15, 0.2) is 0 Å². The van der Waals surface area contributed by atoms with E-state index in [1.54, 1.807) is 11.8 Å². The molecule has 0 saturated carbocycles.